The normalized spacial score (nSPS) is 13.7. The lowest BCUT2D eigenvalue weighted by Gasteiger charge is -2.25. The number of carbonyl (C=O) groups is 2. The summed E-state index contributed by atoms with van der Waals surface area (Å²) in [6.07, 6.45) is 8.44. The Bertz CT molecular complexity index is 2110. The number of H-pyrrole nitrogens is 1. The maximum absolute atomic E-state index is 11.8. The Labute approximate surface area is 275 Å². The summed E-state index contributed by atoms with van der Waals surface area (Å²) >= 11 is 0. The molecule has 11 nitrogen and oxygen atoms in total. The Kier molecular flexibility index (Phi) is 8.48. The van der Waals surface area contributed by atoms with Crippen LogP contribution in [-0.4, -0.2) is 52.3 Å². The quantitative estimate of drug-likeness (QED) is 0.130. The predicted molar refractivity (Wildman–Crippen MR) is 180 cm³/mol. The van der Waals surface area contributed by atoms with Gasteiger partial charge in [-0.2, -0.15) is 5.21 Å². The van der Waals surface area contributed by atoms with Crippen molar-refractivity contribution in [3.05, 3.63) is 108 Å². The molecule has 4 aromatic carbocycles. The minimum absolute atomic E-state index is 0.149. The van der Waals surface area contributed by atoms with Crippen molar-refractivity contribution < 1.29 is 24.5 Å². The lowest BCUT2D eigenvalue weighted by molar-refractivity contribution is -0.131. The number of aromatic nitrogens is 6. The number of carboxylic acids is 2. The van der Waals surface area contributed by atoms with Gasteiger partial charge >= 0.3 is 11.9 Å². The van der Waals surface area contributed by atoms with Crippen molar-refractivity contribution in [2.75, 3.05) is 0 Å². The number of benzene rings is 4. The molecule has 2 heterocycles. The molecule has 2 aromatic heterocycles. The number of fused-ring (bicyclic) bond motifs is 1. The van der Waals surface area contributed by atoms with E-state index in [2.05, 4.69) is 31.3 Å². The first-order valence-corrected chi connectivity index (χ1v) is 15.8. The van der Waals surface area contributed by atoms with E-state index in [1.54, 1.807) is 18.2 Å². The molecule has 48 heavy (non-hydrogen) atoms. The highest BCUT2D eigenvalue weighted by atomic mass is 16.5. The topological polar surface area (TPSA) is 156 Å². The van der Waals surface area contributed by atoms with Crippen molar-refractivity contribution in [3.8, 4) is 39.7 Å². The zero-order valence-corrected chi connectivity index (χ0v) is 25.9. The van der Waals surface area contributed by atoms with Gasteiger partial charge in [-0.15, -0.1) is 10.2 Å². The molecule has 1 saturated carbocycles. The molecule has 0 spiro atoms. The molecule has 0 aliphatic heterocycles. The van der Waals surface area contributed by atoms with Crippen LogP contribution in [0.4, 0.5) is 0 Å². The van der Waals surface area contributed by atoms with Gasteiger partial charge in [0, 0.05) is 23.2 Å². The summed E-state index contributed by atoms with van der Waals surface area (Å²) in [5, 5.41) is 33.0. The fourth-order valence-electron chi connectivity index (χ4n) is 6.36. The molecule has 11 heteroatoms. The minimum Gasteiger partial charge on any atom is -0.489 e. The van der Waals surface area contributed by atoms with Crippen LogP contribution in [0.5, 0.6) is 5.75 Å². The maximum atomic E-state index is 11.8. The van der Waals surface area contributed by atoms with Gasteiger partial charge in [0.2, 0.25) is 5.82 Å². The zero-order chi connectivity index (χ0) is 33.0. The molecular weight excluding hydrogens is 608 g/mol. The lowest BCUT2D eigenvalue weighted by Crippen LogP contribution is -2.14. The SMILES string of the molecule is O=C(O)/C=C/c1ccc(-c2ccc(C(=O)O)cc2COc2ccc(-c3nc4cc(-c5nn[nH]n5)ccc4n3C3CCCCC3)cc2)cc1. The third-order valence-corrected chi connectivity index (χ3v) is 8.73. The molecule has 0 amide bonds. The summed E-state index contributed by atoms with van der Waals surface area (Å²) in [6, 6.07) is 26.6. The largest absolute Gasteiger partial charge is 0.489 e. The highest BCUT2D eigenvalue weighted by molar-refractivity contribution is 5.89. The summed E-state index contributed by atoms with van der Waals surface area (Å²) < 4.78 is 8.58. The van der Waals surface area contributed by atoms with Crippen molar-refractivity contribution in [3.63, 3.8) is 0 Å². The fraction of sp³-hybridized carbons (Fsp3) is 0.189. The molecule has 0 unspecified atom stereocenters. The number of carboxylic acid groups (broad SMARTS) is 2. The van der Waals surface area contributed by atoms with Crippen LogP contribution >= 0.6 is 0 Å². The third-order valence-electron chi connectivity index (χ3n) is 8.73. The fourth-order valence-corrected chi connectivity index (χ4v) is 6.36. The number of nitrogens with zero attached hydrogens (tertiary/aromatic N) is 5. The van der Waals surface area contributed by atoms with Crippen LogP contribution < -0.4 is 4.74 Å². The zero-order valence-electron chi connectivity index (χ0n) is 25.9. The van der Waals surface area contributed by atoms with E-state index in [-0.39, 0.29) is 12.2 Å². The molecule has 0 atom stereocenters. The number of hydrogen-bond donors (Lipinski definition) is 3. The highest BCUT2D eigenvalue weighted by Crippen LogP contribution is 2.37. The molecule has 1 aliphatic rings. The molecule has 0 bridgehead atoms. The van der Waals surface area contributed by atoms with Crippen molar-refractivity contribution in [1.82, 2.24) is 30.2 Å². The van der Waals surface area contributed by atoms with E-state index in [9.17, 15) is 14.7 Å². The number of hydrogen-bond acceptors (Lipinski definition) is 7. The Hall–Kier alpha value is -6.10. The van der Waals surface area contributed by atoms with Crippen LogP contribution in [0.15, 0.2) is 91.0 Å². The number of rotatable bonds is 10. The first kappa shape index (κ1) is 30.5. The van der Waals surface area contributed by atoms with Crippen molar-refractivity contribution in [2.45, 2.75) is 44.8 Å². The number of nitrogens with one attached hydrogen (secondary N) is 1. The summed E-state index contributed by atoms with van der Waals surface area (Å²) in [7, 11) is 0. The van der Waals surface area contributed by atoms with E-state index < -0.39 is 11.9 Å². The third kappa shape index (κ3) is 6.43. The van der Waals surface area contributed by atoms with Gasteiger partial charge in [-0.05, 0) is 101 Å². The van der Waals surface area contributed by atoms with E-state index in [1.807, 2.05) is 60.7 Å². The Morgan fingerprint density at radius 2 is 1.62 bits per heavy atom. The van der Waals surface area contributed by atoms with Crippen LogP contribution in [0.25, 0.3) is 51.0 Å². The second-order valence-corrected chi connectivity index (χ2v) is 11.8. The van der Waals surface area contributed by atoms with Gasteiger partial charge in [0.05, 0.1) is 16.6 Å². The average molecular weight is 641 g/mol. The van der Waals surface area contributed by atoms with Gasteiger partial charge in [0.25, 0.3) is 0 Å². The maximum Gasteiger partial charge on any atom is 0.335 e. The minimum atomic E-state index is -1.02. The number of tetrazole rings is 1. The van der Waals surface area contributed by atoms with Gasteiger partial charge in [-0.25, -0.2) is 14.6 Å². The van der Waals surface area contributed by atoms with Crippen molar-refractivity contribution >= 4 is 29.0 Å². The molecular formula is C37H32N6O5. The second kappa shape index (κ2) is 13.3. The average Bonchev–Trinajstić information content (AvgIpc) is 3.79. The summed E-state index contributed by atoms with van der Waals surface area (Å²) in [4.78, 5) is 27.8. The van der Waals surface area contributed by atoms with E-state index in [4.69, 9.17) is 14.8 Å². The van der Waals surface area contributed by atoms with Crippen LogP contribution in [-0.2, 0) is 11.4 Å². The number of ether oxygens (including phenoxy) is 1. The Morgan fingerprint density at radius 3 is 2.33 bits per heavy atom. The first-order chi connectivity index (χ1) is 23.4. The van der Waals surface area contributed by atoms with E-state index in [1.165, 1.54) is 25.3 Å². The van der Waals surface area contributed by atoms with Gasteiger partial charge in [0.15, 0.2) is 0 Å². The highest BCUT2D eigenvalue weighted by Gasteiger charge is 2.23. The molecule has 1 fully saturated rings. The van der Waals surface area contributed by atoms with Crippen LogP contribution in [0.2, 0.25) is 0 Å². The molecule has 3 N–H and O–H groups in total. The van der Waals surface area contributed by atoms with Gasteiger partial charge < -0.3 is 19.5 Å². The summed E-state index contributed by atoms with van der Waals surface area (Å²) in [5.41, 5.74) is 7.06. The molecule has 0 radical (unpaired) electrons. The number of imidazole rings is 1. The monoisotopic (exact) mass is 640 g/mol. The summed E-state index contributed by atoms with van der Waals surface area (Å²) in [6.45, 7) is 0.149. The first-order valence-electron chi connectivity index (χ1n) is 15.8. The van der Waals surface area contributed by atoms with Gasteiger partial charge in [-0.1, -0.05) is 49.6 Å². The van der Waals surface area contributed by atoms with E-state index in [0.29, 0.717) is 23.2 Å². The van der Waals surface area contributed by atoms with Crippen LogP contribution in [0, 0.1) is 0 Å². The Balaban J connectivity index is 1.16. The van der Waals surface area contributed by atoms with E-state index >= 15 is 0 Å². The van der Waals surface area contributed by atoms with Crippen LogP contribution in [0.3, 0.4) is 0 Å². The van der Waals surface area contributed by atoms with Gasteiger partial charge in [0.1, 0.15) is 18.2 Å². The Morgan fingerprint density at radius 1 is 0.875 bits per heavy atom. The van der Waals surface area contributed by atoms with E-state index in [0.717, 1.165) is 63.6 Å². The van der Waals surface area contributed by atoms with Crippen molar-refractivity contribution in [2.24, 2.45) is 0 Å². The number of aromatic carboxylic acids is 1. The standard InChI is InChI=1S/C37H32N6O5/c44-34(45)19-8-23-6-9-24(10-7-23)31-17-13-27(37(46)47)20-28(31)22-48-30-15-11-25(12-16-30)36-38-32-21-26(35-39-41-42-40-35)14-18-33(32)43(36)29-4-2-1-3-5-29/h6-21,29H,1-5,22H2,(H,44,45)(H,46,47)(H,39,40,41,42)/b19-8+. The molecule has 7 rings (SSSR count). The van der Waals surface area contributed by atoms with Gasteiger partial charge in [-0.3, -0.25) is 0 Å². The number of aliphatic carboxylic acids is 1. The molecule has 6 aromatic rings. The molecule has 1 aliphatic carbocycles. The predicted octanol–water partition coefficient (Wildman–Crippen LogP) is 7.43. The number of aromatic amines is 1. The second-order valence-electron chi connectivity index (χ2n) is 11.8. The molecule has 240 valence electrons. The van der Waals surface area contributed by atoms with Crippen molar-refractivity contribution in [1.29, 1.82) is 0 Å². The van der Waals surface area contributed by atoms with Crippen LogP contribution in [0.1, 0.15) is 59.6 Å². The lowest BCUT2D eigenvalue weighted by atomic mass is 9.94. The smallest absolute Gasteiger partial charge is 0.335 e. The summed E-state index contributed by atoms with van der Waals surface area (Å²) in [5.74, 6) is 0.0148. The molecule has 0 saturated heterocycles.